The van der Waals surface area contributed by atoms with E-state index in [1.54, 1.807) is 0 Å². The summed E-state index contributed by atoms with van der Waals surface area (Å²) in [6, 6.07) is 8.69. The van der Waals surface area contributed by atoms with Gasteiger partial charge in [0.2, 0.25) is 0 Å². The molecule has 0 aliphatic heterocycles. The lowest BCUT2D eigenvalue weighted by Gasteiger charge is -2.16. The molecule has 29 heavy (non-hydrogen) atoms. The Labute approximate surface area is 166 Å². The van der Waals surface area contributed by atoms with Gasteiger partial charge in [-0.2, -0.15) is 0 Å². The third kappa shape index (κ3) is 3.23. The molecular weight excluding hydrogens is 400 g/mol. The predicted molar refractivity (Wildman–Crippen MR) is 103 cm³/mol. The molecule has 0 atom stereocenters. The number of benzene rings is 2. The van der Waals surface area contributed by atoms with E-state index >= 15 is 0 Å². The molecule has 0 amide bonds. The van der Waals surface area contributed by atoms with E-state index in [1.807, 2.05) is 0 Å². The van der Waals surface area contributed by atoms with E-state index in [-0.39, 0.29) is 33.4 Å². The number of ether oxygens (including phenoxy) is 1. The van der Waals surface area contributed by atoms with Crippen molar-refractivity contribution in [1.29, 1.82) is 0 Å². The van der Waals surface area contributed by atoms with E-state index in [9.17, 15) is 22.0 Å². The quantitative estimate of drug-likeness (QED) is 0.559. The first kappa shape index (κ1) is 19.3. The lowest BCUT2D eigenvalue weighted by atomic mass is 10.0. The van der Waals surface area contributed by atoms with Crippen LogP contribution in [0.5, 0.6) is 5.75 Å². The number of methoxy groups -OCH3 is 1. The molecule has 1 fully saturated rings. The molecule has 1 saturated carbocycles. The van der Waals surface area contributed by atoms with Crippen molar-refractivity contribution < 1.29 is 26.7 Å². The zero-order valence-corrected chi connectivity index (χ0v) is 16.2. The van der Waals surface area contributed by atoms with E-state index in [1.165, 1.54) is 43.6 Å². The summed E-state index contributed by atoms with van der Waals surface area (Å²) in [4.78, 5) is 11.4. The van der Waals surface area contributed by atoms with Crippen LogP contribution in [0.25, 0.3) is 11.3 Å². The molecule has 0 spiro atoms. The standard InChI is InChI=1S/C21H17F2NO4S/c1-28-18-7-3-6-17(23)20(18)21-19(13-8-9-13)14(12-25)11-24(21)29(26,27)16-5-2-4-15(22)10-16/h2-7,10-13H,8-9H2,1H3. The van der Waals surface area contributed by atoms with Crippen LogP contribution in [0.4, 0.5) is 8.78 Å². The summed E-state index contributed by atoms with van der Waals surface area (Å²) < 4.78 is 61.4. The lowest BCUT2D eigenvalue weighted by molar-refractivity contribution is 0.112. The van der Waals surface area contributed by atoms with Crippen LogP contribution < -0.4 is 4.74 Å². The van der Waals surface area contributed by atoms with Gasteiger partial charge in [0, 0.05) is 11.8 Å². The van der Waals surface area contributed by atoms with Crippen LogP contribution in [0.15, 0.2) is 53.6 Å². The molecule has 2 aromatic carbocycles. The van der Waals surface area contributed by atoms with Gasteiger partial charge >= 0.3 is 0 Å². The first-order valence-electron chi connectivity index (χ1n) is 8.93. The van der Waals surface area contributed by atoms with Gasteiger partial charge in [-0.25, -0.2) is 21.2 Å². The largest absolute Gasteiger partial charge is 0.496 e. The maximum atomic E-state index is 14.9. The van der Waals surface area contributed by atoms with Crippen LogP contribution in [-0.2, 0) is 10.0 Å². The topological polar surface area (TPSA) is 65.4 Å². The van der Waals surface area contributed by atoms with Gasteiger partial charge in [0.15, 0.2) is 6.29 Å². The molecule has 5 nitrogen and oxygen atoms in total. The van der Waals surface area contributed by atoms with Crippen molar-refractivity contribution in [1.82, 2.24) is 3.97 Å². The summed E-state index contributed by atoms with van der Waals surface area (Å²) in [6.45, 7) is 0. The maximum Gasteiger partial charge on any atom is 0.268 e. The highest BCUT2D eigenvalue weighted by atomic mass is 32.2. The van der Waals surface area contributed by atoms with Crippen molar-refractivity contribution in [2.24, 2.45) is 0 Å². The second-order valence-electron chi connectivity index (χ2n) is 6.81. The lowest BCUT2D eigenvalue weighted by Crippen LogP contribution is -2.14. The first-order chi connectivity index (χ1) is 13.9. The molecule has 0 N–H and O–H groups in total. The Morgan fingerprint density at radius 1 is 1.14 bits per heavy atom. The van der Waals surface area contributed by atoms with Gasteiger partial charge in [-0.3, -0.25) is 4.79 Å². The monoisotopic (exact) mass is 417 g/mol. The average Bonchev–Trinajstić information content (AvgIpc) is 3.47. The molecule has 150 valence electrons. The Hall–Kier alpha value is -3.00. The Morgan fingerprint density at radius 2 is 1.86 bits per heavy atom. The van der Waals surface area contributed by atoms with E-state index in [0.717, 1.165) is 28.9 Å². The van der Waals surface area contributed by atoms with E-state index in [0.29, 0.717) is 11.8 Å². The Balaban J connectivity index is 2.08. The number of hydrogen-bond donors (Lipinski definition) is 0. The molecule has 0 radical (unpaired) electrons. The molecule has 4 rings (SSSR count). The van der Waals surface area contributed by atoms with Gasteiger partial charge in [-0.05, 0) is 54.7 Å². The zero-order chi connectivity index (χ0) is 20.8. The Morgan fingerprint density at radius 3 is 2.48 bits per heavy atom. The van der Waals surface area contributed by atoms with Gasteiger partial charge in [-0.1, -0.05) is 12.1 Å². The third-order valence-electron chi connectivity index (χ3n) is 4.94. The summed E-state index contributed by atoms with van der Waals surface area (Å²) in [7, 11) is -2.95. The number of aldehydes is 1. The number of hydrogen-bond acceptors (Lipinski definition) is 4. The molecule has 0 saturated heterocycles. The van der Waals surface area contributed by atoms with Crippen LogP contribution >= 0.6 is 0 Å². The fourth-order valence-corrected chi connectivity index (χ4v) is 4.91. The van der Waals surface area contributed by atoms with Gasteiger partial charge < -0.3 is 4.74 Å². The van der Waals surface area contributed by atoms with Gasteiger partial charge in [0.1, 0.15) is 17.4 Å². The highest BCUT2D eigenvalue weighted by Crippen LogP contribution is 2.49. The van der Waals surface area contributed by atoms with Crippen molar-refractivity contribution in [3.63, 3.8) is 0 Å². The van der Waals surface area contributed by atoms with Crippen LogP contribution in [0, 0.1) is 11.6 Å². The maximum absolute atomic E-state index is 14.9. The van der Waals surface area contributed by atoms with Crippen LogP contribution in [-0.4, -0.2) is 25.8 Å². The van der Waals surface area contributed by atoms with E-state index in [4.69, 9.17) is 4.74 Å². The number of aromatic nitrogens is 1. The summed E-state index contributed by atoms with van der Waals surface area (Å²) in [5.41, 5.74) is 0.606. The van der Waals surface area contributed by atoms with E-state index < -0.39 is 21.7 Å². The first-order valence-corrected chi connectivity index (χ1v) is 10.4. The van der Waals surface area contributed by atoms with E-state index in [2.05, 4.69) is 0 Å². The second kappa shape index (κ2) is 7.11. The summed E-state index contributed by atoms with van der Waals surface area (Å²) in [6.07, 6.45) is 3.24. The van der Waals surface area contributed by atoms with Gasteiger partial charge in [0.25, 0.3) is 10.0 Å². The second-order valence-corrected chi connectivity index (χ2v) is 8.63. The Kier molecular flexibility index (Phi) is 4.74. The van der Waals surface area contributed by atoms with Crippen molar-refractivity contribution >= 4 is 16.3 Å². The predicted octanol–water partition coefficient (Wildman–Crippen LogP) is 4.37. The number of rotatable bonds is 6. The number of nitrogens with zero attached hydrogens (tertiary/aromatic N) is 1. The average molecular weight is 417 g/mol. The fourth-order valence-electron chi connectivity index (χ4n) is 3.49. The molecule has 0 bridgehead atoms. The summed E-state index contributed by atoms with van der Waals surface area (Å²) in [5.74, 6) is -1.32. The number of halogens is 2. The Bertz CT molecular complexity index is 1210. The van der Waals surface area contributed by atoms with Crippen molar-refractivity contribution in [2.45, 2.75) is 23.7 Å². The van der Waals surface area contributed by atoms with Crippen LogP contribution in [0.3, 0.4) is 0 Å². The molecule has 1 aromatic heterocycles. The highest BCUT2D eigenvalue weighted by molar-refractivity contribution is 7.90. The molecule has 0 unspecified atom stereocenters. The molecule has 3 aromatic rings. The third-order valence-corrected chi connectivity index (χ3v) is 6.60. The normalized spacial score (nSPS) is 14.0. The van der Waals surface area contributed by atoms with Crippen LogP contribution in [0.2, 0.25) is 0 Å². The number of carbonyl (C=O) groups is 1. The highest BCUT2D eigenvalue weighted by Gasteiger charge is 2.36. The zero-order valence-electron chi connectivity index (χ0n) is 15.4. The van der Waals surface area contributed by atoms with Gasteiger partial charge in [0.05, 0.1) is 23.3 Å². The van der Waals surface area contributed by atoms with Gasteiger partial charge in [-0.15, -0.1) is 0 Å². The minimum absolute atomic E-state index is 0.0359. The van der Waals surface area contributed by atoms with Crippen molar-refractivity contribution in [2.75, 3.05) is 7.11 Å². The van der Waals surface area contributed by atoms with Crippen LogP contribution in [0.1, 0.15) is 34.7 Å². The molecule has 8 heteroatoms. The number of carbonyl (C=O) groups excluding carboxylic acids is 1. The summed E-state index contributed by atoms with van der Waals surface area (Å²) in [5, 5.41) is 0. The molecule has 1 aliphatic rings. The summed E-state index contributed by atoms with van der Waals surface area (Å²) >= 11 is 0. The molecule has 1 heterocycles. The minimum Gasteiger partial charge on any atom is -0.496 e. The molecule has 1 aliphatic carbocycles. The minimum atomic E-state index is -4.30. The fraction of sp³-hybridized carbons (Fsp3) is 0.190. The van der Waals surface area contributed by atoms with Crippen molar-refractivity contribution in [3.8, 4) is 17.0 Å². The smallest absolute Gasteiger partial charge is 0.268 e. The van der Waals surface area contributed by atoms with Crippen molar-refractivity contribution in [3.05, 3.63) is 71.4 Å². The SMILES string of the molecule is COc1cccc(F)c1-c1c(C2CC2)c(C=O)cn1S(=O)(=O)c1cccc(F)c1. The molecular formula is C21H17F2NO4S.